The van der Waals surface area contributed by atoms with E-state index in [0.29, 0.717) is 10.2 Å². The number of anilines is 1. The van der Waals surface area contributed by atoms with Gasteiger partial charge < -0.3 is 10.6 Å². The minimum Gasteiger partial charge on any atom is -0.398 e. The molecule has 0 fully saturated rings. The summed E-state index contributed by atoms with van der Waals surface area (Å²) < 4.78 is 38.1. The second kappa shape index (κ2) is 6.47. The maximum atomic E-state index is 12.6. The van der Waals surface area contributed by atoms with E-state index in [1.54, 1.807) is 19.9 Å². The first kappa shape index (κ1) is 16.8. The molecule has 0 saturated heterocycles. The number of hydrogen-bond donors (Lipinski definition) is 1. The third kappa shape index (κ3) is 4.70. The normalized spacial score (nSPS) is 11.8. The fourth-order valence-corrected chi connectivity index (χ4v) is 2.20. The standard InChI is InChI=1S/C13H16BrF3N2O/c1-8(2)6-19(7-13(15,16)17)12(20)9-4-3-5-10(18)11(9)14/h3-5,8H,6-7,18H2,1-2H3. The summed E-state index contributed by atoms with van der Waals surface area (Å²) in [5.41, 5.74) is 6.09. The Bertz CT molecular complexity index is 489. The van der Waals surface area contributed by atoms with Crippen LogP contribution in [-0.2, 0) is 0 Å². The number of nitrogen functional groups attached to an aromatic ring is 1. The quantitative estimate of drug-likeness (QED) is 0.840. The third-order valence-corrected chi connectivity index (χ3v) is 3.39. The number of hydrogen-bond acceptors (Lipinski definition) is 2. The van der Waals surface area contributed by atoms with Crippen LogP contribution in [0.3, 0.4) is 0 Å². The van der Waals surface area contributed by atoms with Crippen molar-refractivity contribution in [1.82, 2.24) is 4.90 Å². The molecule has 112 valence electrons. The van der Waals surface area contributed by atoms with Gasteiger partial charge in [0.15, 0.2) is 0 Å². The summed E-state index contributed by atoms with van der Waals surface area (Å²) in [6.45, 7) is 2.26. The molecule has 0 radical (unpaired) electrons. The van der Waals surface area contributed by atoms with Gasteiger partial charge in [-0.2, -0.15) is 13.2 Å². The van der Waals surface area contributed by atoms with Crippen LogP contribution < -0.4 is 5.73 Å². The van der Waals surface area contributed by atoms with Gasteiger partial charge in [-0.25, -0.2) is 0 Å². The summed E-state index contributed by atoms with van der Waals surface area (Å²) in [4.78, 5) is 13.1. The SMILES string of the molecule is CC(C)CN(CC(F)(F)F)C(=O)c1cccc(N)c1Br. The first-order valence-electron chi connectivity index (χ1n) is 6.02. The maximum absolute atomic E-state index is 12.6. The molecule has 0 heterocycles. The molecule has 0 saturated carbocycles. The Morgan fingerprint density at radius 2 is 2.00 bits per heavy atom. The van der Waals surface area contributed by atoms with Crippen LogP contribution in [0.1, 0.15) is 24.2 Å². The smallest absolute Gasteiger partial charge is 0.398 e. The number of halogens is 4. The van der Waals surface area contributed by atoms with Crippen molar-refractivity contribution in [2.75, 3.05) is 18.8 Å². The van der Waals surface area contributed by atoms with Gasteiger partial charge in [-0.1, -0.05) is 19.9 Å². The van der Waals surface area contributed by atoms with Crippen LogP contribution in [0, 0.1) is 5.92 Å². The average Bonchev–Trinajstić information content (AvgIpc) is 2.28. The predicted molar refractivity (Wildman–Crippen MR) is 75.4 cm³/mol. The molecule has 20 heavy (non-hydrogen) atoms. The first-order chi connectivity index (χ1) is 9.11. The molecule has 0 atom stereocenters. The minimum absolute atomic E-state index is 0.0274. The fraction of sp³-hybridized carbons (Fsp3) is 0.462. The molecule has 1 aromatic rings. The van der Waals surface area contributed by atoms with Crippen molar-refractivity contribution in [2.45, 2.75) is 20.0 Å². The Kier molecular flexibility index (Phi) is 5.44. The van der Waals surface area contributed by atoms with Crippen molar-refractivity contribution in [3.63, 3.8) is 0 Å². The van der Waals surface area contributed by atoms with E-state index in [0.717, 1.165) is 4.90 Å². The molecule has 7 heteroatoms. The lowest BCUT2D eigenvalue weighted by molar-refractivity contribution is -0.141. The number of carbonyl (C=O) groups is 1. The molecule has 0 aliphatic rings. The zero-order chi connectivity index (χ0) is 15.5. The van der Waals surface area contributed by atoms with Crippen molar-refractivity contribution in [1.29, 1.82) is 0 Å². The number of benzene rings is 1. The van der Waals surface area contributed by atoms with Gasteiger partial charge in [0, 0.05) is 12.2 Å². The lowest BCUT2D eigenvalue weighted by atomic mass is 10.1. The molecule has 0 bridgehead atoms. The van der Waals surface area contributed by atoms with E-state index >= 15 is 0 Å². The van der Waals surface area contributed by atoms with Gasteiger partial charge in [-0.05, 0) is 34.0 Å². The molecule has 0 aliphatic carbocycles. The van der Waals surface area contributed by atoms with Crippen molar-refractivity contribution in [3.8, 4) is 0 Å². The van der Waals surface area contributed by atoms with Crippen LogP contribution in [0.15, 0.2) is 22.7 Å². The third-order valence-electron chi connectivity index (χ3n) is 2.50. The van der Waals surface area contributed by atoms with Gasteiger partial charge >= 0.3 is 6.18 Å². The first-order valence-corrected chi connectivity index (χ1v) is 6.81. The molecule has 0 unspecified atom stereocenters. The van der Waals surface area contributed by atoms with Gasteiger partial charge in [-0.15, -0.1) is 0 Å². The lowest BCUT2D eigenvalue weighted by Crippen LogP contribution is -2.41. The summed E-state index contributed by atoms with van der Waals surface area (Å²) in [5.74, 6) is -0.753. The van der Waals surface area contributed by atoms with Crippen LogP contribution >= 0.6 is 15.9 Å². The summed E-state index contributed by atoms with van der Waals surface area (Å²) >= 11 is 3.14. The highest BCUT2D eigenvalue weighted by Crippen LogP contribution is 2.26. The van der Waals surface area contributed by atoms with Crippen LogP contribution in [0.4, 0.5) is 18.9 Å². The second-order valence-corrected chi connectivity index (χ2v) is 5.70. The molecule has 1 rings (SSSR count). The highest BCUT2D eigenvalue weighted by Gasteiger charge is 2.34. The zero-order valence-corrected chi connectivity index (χ0v) is 12.8. The molecule has 1 aromatic carbocycles. The van der Waals surface area contributed by atoms with Gasteiger partial charge in [0.2, 0.25) is 0 Å². The molecule has 1 amide bonds. The second-order valence-electron chi connectivity index (χ2n) is 4.90. The van der Waals surface area contributed by atoms with E-state index in [1.807, 2.05) is 0 Å². The summed E-state index contributed by atoms with van der Waals surface area (Å²) in [7, 11) is 0. The molecule has 0 spiro atoms. The molecular weight excluding hydrogens is 337 g/mol. The molecule has 2 N–H and O–H groups in total. The Labute approximate surface area is 124 Å². The van der Waals surface area contributed by atoms with E-state index in [9.17, 15) is 18.0 Å². The zero-order valence-electron chi connectivity index (χ0n) is 11.2. The van der Waals surface area contributed by atoms with Gasteiger partial charge in [0.25, 0.3) is 5.91 Å². The Morgan fingerprint density at radius 1 is 1.40 bits per heavy atom. The number of carbonyl (C=O) groups excluding carboxylic acids is 1. The van der Waals surface area contributed by atoms with Crippen LogP contribution in [-0.4, -0.2) is 30.1 Å². The molecule has 0 aliphatic heterocycles. The summed E-state index contributed by atoms with van der Waals surface area (Å²) in [6, 6.07) is 4.55. The molecular formula is C13H16BrF3N2O. The topological polar surface area (TPSA) is 46.3 Å². The van der Waals surface area contributed by atoms with E-state index in [1.165, 1.54) is 12.1 Å². The average molecular weight is 353 g/mol. The monoisotopic (exact) mass is 352 g/mol. The Hall–Kier alpha value is -1.24. The summed E-state index contributed by atoms with van der Waals surface area (Å²) in [6.07, 6.45) is -4.43. The van der Waals surface area contributed by atoms with E-state index in [-0.39, 0.29) is 18.0 Å². The number of alkyl halides is 3. The van der Waals surface area contributed by atoms with Crippen LogP contribution in [0.2, 0.25) is 0 Å². The van der Waals surface area contributed by atoms with Crippen molar-refractivity contribution in [2.24, 2.45) is 5.92 Å². The summed E-state index contributed by atoms with van der Waals surface area (Å²) in [5, 5.41) is 0. The van der Waals surface area contributed by atoms with Crippen molar-refractivity contribution >= 4 is 27.5 Å². The van der Waals surface area contributed by atoms with E-state index in [4.69, 9.17) is 5.73 Å². The van der Waals surface area contributed by atoms with Gasteiger partial charge in [0.05, 0.1) is 10.0 Å². The Morgan fingerprint density at radius 3 is 2.50 bits per heavy atom. The number of rotatable bonds is 4. The number of nitrogens with zero attached hydrogens (tertiary/aromatic N) is 1. The number of nitrogens with two attached hydrogens (primary N) is 1. The fourth-order valence-electron chi connectivity index (χ4n) is 1.76. The minimum atomic E-state index is -4.43. The predicted octanol–water partition coefficient (Wildman–Crippen LogP) is 3.69. The van der Waals surface area contributed by atoms with Crippen LogP contribution in [0.25, 0.3) is 0 Å². The van der Waals surface area contributed by atoms with E-state index < -0.39 is 18.6 Å². The van der Waals surface area contributed by atoms with Crippen molar-refractivity contribution in [3.05, 3.63) is 28.2 Å². The molecule has 0 aromatic heterocycles. The maximum Gasteiger partial charge on any atom is 0.406 e. The van der Waals surface area contributed by atoms with Gasteiger partial charge in [-0.3, -0.25) is 4.79 Å². The lowest BCUT2D eigenvalue weighted by Gasteiger charge is -2.26. The highest BCUT2D eigenvalue weighted by atomic mass is 79.9. The van der Waals surface area contributed by atoms with Crippen molar-refractivity contribution < 1.29 is 18.0 Å². The number of amides is 1. The Balaban J connectivity index is 3.06. The highest BCUT2D eigenvalue weighted by molar-refractivity contribution is 9.10. The van der Waals surface area contributed by atoms with Gasteiger partial charge in [0.1, 0.15) is 6.54 Å². The largest absolute Gasteiger partial charge is 0.406 e. The van der Waals surface area contributed by atoms with E-state index in [2.05, 4.69) is 15.9 Å². The molecule has 3 nitrogen and oxygen atoms in total. The van der Waals surface area contributed by atoms with Crippen LogP contribution in [0.5, 0.6) is 0 Å².